The summed E-state index contributed by atoms with van der Waals surface area (Å²) in [6.45, 7) is 0.741. The average molecular weight is 345 g/mol. The summed E-state index contributed by atoms with van der Waals surface area (Å²) in [7, 11) is 0. The molecule has 1 rings (SSSR count). The zero-order valence-electron chi connectivity index (χ0n) is 11.8. The van der Waals surface area contributed by atoms with Gasteiger partial charge in [-0.3, -0.25) is 4.90 Å². The Balaban J connectivity index is 3.00. The summed E-state index contributed by atoms with van der Waals surface area (Å²) in [5.41, 5.74) is -2.24. The third kappa shape index (κ3) is 3.62. The summed E-state index contributed by atoms with van der Waals surface area (Å²) >= 11 is 0. The van der Waals surface area contributed by atoms with Crippen LogP contribution in [-0.4, -0.2) is 42.6 Å². The number of piperidine rings is 1. The molecule has 1 saturated heterocycles. The molecule has 1 aliphatic rings. The van der Waals surface area contributed by atoms with Crippen molar-refractivity contribution in [3.05, 3.63) is 0 Å². The predicted octanol–water partition coefficient (Wildman–Crippen LogP) is 4.78. The molecule has 132 valence electrons. The van der Waals surface area contributed by atoms with E-state index in [1.807, 2.05) is 0 Å². The first-order valence-corrected chi connectivity index (χ1v) is 6.57. The van der Waals surface area contributed by atoms with E-state index in [4.69, 9.17) is 0 Å². The lowest BCUT2D eigenvalue weighted by Gasteiger charge is -2.47. The van der Waals surface area contributed by atoms with E-state index >= 15 is 0 Å². The highest BCUT2D eigenvalue weighted by Crippen LogP contribution is 2.52. The molecular formula is C12H16F9N. The van der Waals surface area contributed by atoms with Gasteiger partial charge in [-0.25, -0.2) is 0 Å². The molecule has 0 unspecified atom stereocenters. The molecule has 1 nitrogen and oxygen atoms in total. The van der Waals surface area contributed by atoms with Gasteiger partial charge in [-0.05, 0) is 31.8 Å². The van der Waals surface area contributed by atoms with E-state index < -0.39 is 61.8 Å². The van der Waals surface area contributed by atoms with Crippen molar-refractivity contribution >= 4 is 0 Å². The topological polar surface area (TPSA) is 3.24 Å². The number of alkyl halides is 9. The lowest BCUT2D eigenvalue weighted by molar-refractivity contribution is -0.301. The molecule has 10 heteroatoms. The standard InChI is InChI=1S/C12H16F9N/c1-7(2)9(12(19,20)21)3-5-22(6-4-9)8(10(13,14)15)11(16,17)18/h7-8H,3-6H2,1-2H3. The third-order valence-electron chi connectivity index (χ3n) is 4.35. The Morgan fingerprint density at radius 1 is 0.773 bits per heavy atom. The van der Waals surface area contributed by atoms with Crippen molar-refractivity contribution in [2.45, 2.75) is 51.3 Å². The molecule has 0 aliphatic carbocycles. The molecule has 0 atom stereocenters. The van der Waals surface area contributed by atoms with Crippen molar-refractivity contribution in [3.8, 4) is 0 Å². The van der Waals surface area contributed by atoms with Crippen molar-refractivity contribution in [1.29, 1.82) is 0 Å². The van der Waals surface area contributed by atoms with Crippen LogP contribution in [0.3, 0.4) is 0 Å². The molecule has 0 spiro atoms. The Bertz CT molecular complexity index is 358. The highest BCUT2D eigenvalue weighted by atomic mass is 19.4. The lowest BCUT2D eigenvalue weighted by Crippen LogP contribution is -2.60. The van der Waals surface area contributed by atoms with Crippen LogP contribution in [0.25, 0.3) is 0 Å². The largest absolute Gasteiger partial charge is 0.412 e. The van der Waals surface area contributed by atoms with E-state index in [2.05, 4.69) is 0 Å². The molecular weight excluding hydrogens is 329 g/mol. The maximum Gasteiger partial charge on any atom is 0.412 e. The summed E-state index contributed by atoms with van der Waals surface area (Å²) in [5.74, 6) is -0.926. The Labute approximate surface area is 121 Å². The first-order valence-electron chi connectivity index (χ1n) is 6.57. The minimum absolute atomic E-state index is 0.0480. The maximum absolute atomic E-state index is 13.2. The van der Waals surface area contributed by atoms with E-state index in [9.17, 15) is 39.5 Å². The second kappa shape index (κ2) is 5.76. The Morgan fingerprint density at radius 3 is 1.36 bits per heavy atom. The van der Waals surface area contributed by atoms with Crippen LogP contribution in [0.5, 0.6) is 0 Å². The molecule has 0 amide bonds. The van der Waals surface area contributed by atoms with E-state index in [0.29, 0.717) is 0 Å². The van der Waals surface area contributed by atoms with E-state index in [0.717, 1.165) is 0 Å². The van der Waals surface area contributed by atoms with Gasteiger partial charge in [0.1, 0.15) is 0 Å². The smallest absolute Gasteiger partial charge is 0.285 e. The van der Waals surface area contributed by atoms with Crippen LogP contribution in [0.4, 0.5) is 39.5 Å². The second-order valence-corrected chi connectivity index (χ2v) is 5.83. The van der Waals surface area contributed by atoms with E-state index in [-0.39, 0.29) is 4.90 Å². The molecule has 1 aliphatic heterocycles. The molecule has 0 aromatic carbocycles. The van der Waals surface area contributed by atoms with Crippen molar-refractivity contribution in [3.63, 3.8) is 0 Å². The number of hydrogen-bond donors (Lipinski definition) is 0. The highest BCUT2D eigenvalue weighted by molar-refractivity contribution is 4.97. The summed E-state index contributed by atoms with van der Waals surface area (Å²) < 4.78 is 115. The van der Waals surface area contributed by atoms with Crippen molar-refractivity contribution in [2.24, 2.45) is 11.3 Å². The monoisotopic (exact) mass is 345 g/mol. The Kier molecular flexibility index (Phi) is 5.07. The van der Waals surface area contributed by atoms with Gasteiger partial charge in [-0.1, -0.05) is 13.8 Å². The second-order valence-electron chi connectivity index (χ2n) is 5.83. The maximum atomic E-state index is 13.2. The van der Waals surface area contributed by atoms with Gasteiger partial charge in [0.2, 0.25) is 6.04 Å². The van der Waals surface area contributed by atoms with E-state index in [1.165, 1.54) is 13.8 Å². The fourth-order valence-electron chi connectivity index (χ4n) is 2.97. The van der Waals surface area contributed by atoms with Crippen molar-refractivity contribution < 1.29 is 39.5 Å². The van der Waals surface area contributed by atoms with Crippen LogP contribution < -0.4 is 0 Å². The zero-order chi connectivity index (χ0) is 17.6. The van der Waals surface area contributed by atoms with Gasteiger partial charge < -0.3 is 0 Å². The van der Waals surface area contributed by atoms with Gasteiger partial charge in [0.15, 0.2) is 0 Å². The number of halogens is 9. The first-order chi connectivity index (χ1) is 9.63. The Morgan fingerprint density at radius 2 is 1.14 bits per heavy atom. The average Bonchev–Trinajstić information content (AvgIpc) is 2.23. The van der Waals surface area contributed by atoms with Crippen LogP contribution in [0.15, 0.2) is 0 Å². The quantitative estimate of drug-likeness (QED) is 0.651. The lowest BCUT2D eigenvalue weighted by atomic mass is 9.69. The summed E-state index contributed by atoms with van der Waals surface area (Å²) in [6.07, 6.45) is -17.4. The van der Waals surface area contributed by atoms with Crippen LogP contribution in [0.1, 0.15) is 26.7 Å². The number of likely N-dealkylation sites (tertiary alicyclic amines) is 1. The number of hydrogen-bond acceptors (Lipinski definition) is 1. The molecule has 0 saturated carbocycles. The SMILES string of the molecule is CC(C)C1(C(F)(F)F)CCN(C(C(F)(F)F)C(F)(F)F)CC1. The minimum Gasteiger partial charge on any atom is -0.285 e. The van der Waals surface area contributed by atoms with Gasteiger partial charge in [0, 0.05) is 0 Å². The fourth-order valence-corrected chi connectivity index (χ4v) is 2.97. The fraction of sp³-hybridized carbons (Fsp3) is 1.00. The molecule has 0 N–H and O–H groups in total. The molecule has 0 bridgehead atoms. The molecule has 0 aromatic rings. The molecule has 1 heterocycles. The third-order valence-corrected chi connectivity index (χ3v) is 4.35. The highest BCUT2D eigenvalue weighted by Gasteiger charge is 2.63. The number of rotatable bonds is 2. The van der Waals surface area contributed by atoms with Gasteiger partial charge >= 0.3 is 18.5 Å². The molecule has 0 aromatic heterocycles. The van der Waals surface area contributed by atoms with Gasteiger partial charge in [-0.2, -0.15) is 39.5 Å². The van der Waals surface area contributed by atoms with Crippen LogP contribution >= 0.6 is 0 Å². The Hall–Kier alpha value is -0.670. The summed E-state index contributed by atoms with van der Waals surface area (Å²) in [6, 6.07) is -3.72. The minimum atomic E-state index is -5.58. The van der Waals surface area contributed by atoms with Gasteiger partial charge in [-0.15, -0.1) is 0 Å². The van der Waals surface area contributed by atoms with Crippen molar-refractivity contribution in [1.82, 2.24) is 4.90 Å². The van der Waals surface area contributed by atoms with Crippen molar-refractivity contribution in [2.75, 3.05) is 13.1 Å². The molecule has 0 radical (unpaired) electrons. The molecule has 1 fully saturated rings. The predicted molar refractivity (Wildman–Crippen MR) is 60.0 cm³/mol. The summed E-state index contributed by atoms with van der Waals surface area (Å²) in [4.78, 5) is 0.0480. The van der Waals surface area contributed by atoms with Crippen LogP contribution in [-0.2, 0) is 0 Å². The first kappa shape index (κ1) is 19.4. The van der Waals surface area contributed by atoms with Crippen LogP contribution in [0, 0.1) is 11.3 Å². The normalized spacial score (nSPS) is 21.7. The number of nitrogens with zero attached hydrogens (tertiary/aromatic N) is 1. The van der Waals surface area contributed by atoms with Gasteiger partial charge in [0.05, 0.1) is 5.41 Å². The van der Waals surface area contributed by atoms with E-state index in [1.54, 1.807) is 0 Å². The van der Waals surface area contributed by atoms with Crippen LogP contribution in [0.2, 0.25) is 0 Å². The van der Waals surface area contributed by atoms with Gasteiger partial charge in [0.25, 0.3) is 0 Å². The summed E-state index contributed by atoms with van der Waals surface area (Å²) in [5, 5.41) is 0. The zero-order valence-corrected chi connectivity index (χ0v) is 11.8. The molecule has 22 heavy (non-hydrogen) atoms.